The Bertz CT molecular complexity index is 158. The molecule has 1 saturated carbocycles. The Labute approximate surface area is 78.7 Å². The van der Waals surface area contributed by atoms with Crippen molar-refractivity contribution in [3.05, 3.63) is 0 Å². The van der Waals surface area contributed by atoms with E-state index in [4.69, 9.17) is 0 Å². The van der Waals surface area contributed by atoms with Gasteiger partial charge in [-0.25, -0.2) is 0 Å². The van der Waals surface area contributed by atoms with Crippen molar-refractivity contribution in [2.45, 2.75) is 32.4 Å². The summed E-state index contributed by atoms with van der Waals surface area (Å²) < 4.78 is 36.2. The monoisotopic (exact) mass is 244 g/mol. The SMILES string of the molecule is CC1CC(CBr)(CC(F)(F)F)C1. The molecule has 0 N–H and O–H groups in total. The first kappa shape index (κ1) is 10.4. The summed E-state index contributed by atoms with van der Waals surface area (Å²) in [5.41, 5.74) is -0.488. The minimum Gasteiger partial charge on any atom is -0.171 e. The second-order valence-electron chi connectivity index (χ2n) is 3.94. The summed E-state index contributed by atoms with van der Waals surface area (Å²) in [5.74, 6) is 0.463. The van der Waals surface area contributed by atoms with Crippen LogP contribution in [0.2, 0.25) is 0 Å². The molecular formula is C8H12BrF3. The van der Waals surface area contributed by atoms with E-state index in [9.17, 15) is 13.2 Å². The smallest absolute Gasteiger partial charge is 0.171 e. The molecule has 0 bridgehead atoms. The molecule has 1 fully saturated rings. The van der Waals surface area contributed by atoms with Crippen molar-refractivity contribution in [2.24, 2.45) is 11.3 Å². The van der Waals surface area contributed by atoms with Crippen LogP contribution in [0.25, 0.3) is 0 Å². The topological polar surface area (TPSA) is 0 Å². The van der Waals surface area contributed by atoms with Crippen LogP contribution in [0.5, 0.6) is 0 Å². The molecule has 0 aromatic heterocycles. The molecule has 1 rings (SSSR count). The second-order valence-corrected chi connectivity index (χ2v) is 4.50. The van der Waals surface area contributed by atoms with Crippen LogP contribution >= 0.6 is 15.9 Å². The Kier molecular flexibility index (Phi) is 2.76. The van der Waals surface area contributed by atoms with Crippen LogP contribution in [-0.2, 0) is 0 Å². The molecule has 1 aliphatic rings. The van der Waals surface area contributed by atoms with Gasteiger partial charge < -0.3 is 0 Å². The van der Waals surface area contributed by atoms with Gasteiger partial charge in [0.15, 0.2) is 0 Å². The summed E-state index contributed by atoms with van der Waals surface area (Å²) in [6.07, 6.45) is -3.22. The maximum Gasteiger partial charge on any atom is 0.389 e. The third kappa shape index (κ3) is 2.38. The standard InChI is InChI=1S/C8H12BrF3/c1-6-2-7(3-6,5-9)4-8(10,11)12/h6H,2-5H2,1H3. The molecule has 72 valence electrons. The highest BCUT2D eigenvalue weighted by Gasteiger charge is 2.48. The van der Waals surface area contributed by atoms with E-state index in [0.29, 0.717) is 24.1 Å². The van der Waals surface area contributed by atoms with Gasteiger partial charge in [-0.15, -0.1) is 0 Å². The fraction of sp³-hybridized carbons (Fsp3) is 1.00. The lowest BCUT2D eigenvalue weighted by Crippen LogP contribution is -2.41. The number of hydrogen-bond donors (Lipinski definition) is 0. The third-order valence-electron chi connectivity index (χ3n) is 2.42. The Morgan fingerprint density at radius 2 is 1.92 bits per heavy atom. The predicted octanol–water partition coefficient (Wildman–Crippen LogP) is 3.75. The van der Waals surface area contributed by atoms with Crippen LogP contribution in [0.4, 0.5) is 13.2 Å². The van der Waals surface area contributed by atoms with Crippen molar-refractivity contribution >= 4 is 15.9 Å². The molecule has 0 atom stereocenters. The predicted molar refractivity (Wildman–Crippen MR) is 45.3 cm³/mol. The van der Waals surface area contributed by atoms with E-state index in [-0.39, 0.29) is 0 Å². The highest BCUT2D eigenvalue weighted by Crippen LogP contribution is 2.52. The summed E-state index contributed by atoms with van der Waals surface area (Å²) in [7, 11) is 0. The minimum absolute atomic E-state index is 0.463. The van der Waals surface area contributed by atoms with Crippen LogP contribution in [0.1, 0.15) is 26.2 Å². The van der Waals surface area contributed by atoms with Gasteiger partial charge in [0.2, 0.25) is 0 Å². The zero-order valence-electron chi connectivity index (χ0n) is 6.92. The zero-order chi connectivity index (χ0) is 9.41. The van der Waals surface area contributed by atoms with Crippen molar-refractivity contribution in [2.75, 3.05) is 5.33 Å². The van der Waals surface area contributed by atoms with E-state index in [1.807, 2.05) is 6.92 Å². The van der Waals surface area contributed by atoms with E-state index in [1.165, 1.54) is 0 Å². The van der Waals surface area contributed by atoms with Crippen molar-refractivity contribution < 1.29 is 13.2 Å². The maximum atomic E-state index is 12.1. The molecule has 0 saturated heterocycles. The fourth-order valence-corrected chi connectivity index (χ4v) is 2.80. The molecule has 0 aromatic rings. The summed E-state index contributed by atoms with van der Waals surface area (Å²) in [4.78, 5) is 0. The van der Waals surface area contributed by atoms with E-state index in [1.54, 1.807) is 0 Å². The van der Waals surface area contributed by atoms with Gasteiger partial charge >= 0.3 is 6.18 Å². The Balaban J connectivity index is 2.48. The summed E-state index contributed by atoms with van der Waals surface area (Å²) in [6.45, 7) is 2.00. The zero-order valence-corrected chi connectivity index (χ0v) is 8.50. The molecule has 0 aromatic carbocycles. The van der Waals surface area contributed by atoms with Crippen LogP contribution in [0.3, 0.4) is 0 Å². The lowest BCUT2D eigenvalue weighted by Gasteiger charge is -2.46. The van der Waals surface area contributed by atoms with Gasteiger partial charge in [0, 0.05) is 11.8 Å². The average molecular weight is 245 g/mol. The van der Waals surface area contributed by atoms with Gasteiger partial charge in [-0.1, -0.05) is 22.9 Å². The van der Waals surface area contributed by atoms with E-state index in [0.717, 1.165) is 0 Å². The molecule has 12 heavy (non-hydrogen) atoms. The highest BCUT2D eigenvalue weighted by molar-refractivity contribution is 9.09. The molecule has 0 amide bonds. The van der Waals surface area contributed by atoms with Crippen LogP contribution < -0.4 is 0 Å². The van der Waals surface area contributed by atoms with Gasteiger partial charge in [-0.2, -0.15) is 13.2 Å². The van der Waals surface area contributed by atoms with Crippen molar-refractivity contribution in [3.8, 4) is 0 Å². The lowest BCUT2D eigenvalue weighted by atomic mass is 9.62. The van der Waals surface area contributed by atoms with Crippen LogP contribution in [-0.4, -0.2) is 11.5 Å². The van der Waals surface area contributed by atoms with Gasteiger partial charge in [-0.3, -0.25) is 0 Å². The normalized spacial score (nSPS) is 36.2. The quantitative estimate of drug-likeness (QED) is 0.650. The molecule has 0 aliphatic heterocycles. The number of halogens is 4. The molecule has 4 heteroatoms. The Morgan fingerprint density at radius 1 is 1.42 bits per heavy atom. The number of alkyl halides is 4. The van der Waals surface area contributed by atoms with Crippen LogP contribution in [0.15, 0.2) is 0 Å². The van der Waals surface area contributed by atoms with E-state index < -0.39 is 18.0 Å². The largest absolute Gasteiger partial charge is 0.389 e. The number of rotatable bonds is 2. The average Bonchev–Trinajstić information content (AvgIpc) is 1.80. The van der Waals surface area contributed by atoms with Gasteiger partial charge in [-0.05, 0) is 24.2 Å². The van der Waals surface area contributed by atoms with Gasteiger partial charge in [0.25, 0.3) is 0 Å². The Morgan fingerprint density at radius 3 is 2.17 bits per heavy atom. The summed E-state index contributed by atoms with van der Waals surface area (Å²) in [6, 6.07) is 0. The first-order valence-corrected chi connectivity index (χ1v) is 5.12. The minimum atomic E-state index is -4.01. The first-order chi connectivity index (χ1) is 5.37. The lowest BCUT2D eigenvalue weighted by molar-refractivity contribution is -0.170. The van der Waals surface area contributed by atoms with E-state index in [2.05, 4.69) is 15.9 Å². The molecule has 0 radical (unpaired) electrons. The molecule has 0 spiro atoms. The maximum absolute atomic E-state index is 12.1. The van der Waals surface area contributed by atoms with Crippen LogP contribution in [0, 0.1) is 11.3 Å². The Hall–Kier alpha value is 0.270. The molecule has 0 heterocycles. The van der Waals surface area contributed by atoms with Gasteiger partial charge in [0.1, 0.15) is 0 Å². The van der Waals surface area contributed by atoms with Crippen molar-refractivity contribution in [1.29, 1.82) is 0 Å². The number of hydrogen-bond acceptors (Lipinski definition) is 0. The third-order valence-corrected chi connectivity index (χ3v) is 3.61. The highest BCUT2D eigenvalue weighted by atomic mass is 79.9. The van der Waals surface area contributed by atoms with Crippen molar-refractivity contribution in [1.82, 2.24) is 0 Å². The summed E-state index contributed by atoms with van der Waals surface area (Å²) >= 11 is 3.16. The van der Waals surface area contributed by atoms with Gasteiger partial charge in [0.05, 0.1) is 0 Å². The van der Waals surface area contributed by atoms with Crippen molar-refractivity contribution in [3.63, 3.8) is 0 Å². The first-order valence-electron chi connectivity index (χ1n) is 4.00. The molecule has 0 unspecified atom stereocenters. The second kappa shape index (κ2) is 3.20. The fourth-order valence-electron chi connectivity index (χ4n) is 2.14. The molecule has 1 aliphatic carbocycles. The van der Waals surface area contributed by atoms with E-state index >= 15 is 0 Å². The molecular weight excluding hydrogens is 233 g/mol. The molecule has 0 nitrogen and oxygen atoms in total. The summed E-state index contributed by atoms with van der Waals surface area (Å²) in [5, 5.41) is 0.476.